The quantitative estimate of drug-likeness (QED) is 0.407. The van der Waals surface area contributed by atoms with E-state index in [4.69, 9.17) is 30.9 Å². The minimum atomic E-state index is 0.194. The van der Waals surface area contributed by atoms with Crippen LogP contribution in [0.15, 0.2) is 33.9 Å². The van der Waals surface area contributed by atoms with Crippen molar-refractivity contribution in [3.05, 3.63) is 40.6 Å². The van der Waals surface area contributed by atoms with Crippen LogP contribution in [-0.4, -0.2) is 29.5 Å². The summed E-state index contributed by atoms with van der Waals surface area (Å²) in [6, 6.07) is 4.41. The molecule has 1 heterocycles. The zero-order valence-corrected chi connectivity index (χ0v) is 19.8. The average Bonchev–Trinajstić information content (AvgIpc) is 2.63. The molecular weight excluding hydrogens is 441 g/mol. The van der Waals surface area contributed by atoms with Gasteiger partial charge in [-0.15, -0.1) is 11.8 Å². The molecule has 2 rings (SSSR count). The number of halogens is 2. The molecule has 1 saturated heterocycles. The SMILES string of the molecule is C/C=C(/CN)N=CC1CCCC(C=Nc2c(C)cc(C)cc2C)S1.[Cl][Fe][Cl]. The molecule has 1 fully saturated rings. The van der Waals surface area contributed by atoms with Crippen LogP contribution in [0.2, 0.25) is 0 Å². The first kappa shape index (κ1) is 24.7. The van der Waals surface area contributed by atoms with Gasteiger partial charge in [-0.3, -0.25) is 9.98 Å². The number of rotatable bonds is 5. The Bertz CT molecular complexity index is 654. The van der Waals surface area contributed by atoms with Gasteiger partial charge in [0.1, 0.15) is 0 Å². The van der Waals surface area contributed by atoms with Gasteiger partial charge >= 0.3 is 33.3 Å². The predicted octanol–water partition coefficient (Wildman–Crippen LogP) is 6.28. The summed E-state index contributed by atoms with van der Waals surface area (Å²) in [6.07, 6.45) is 9.77. The molecule has 0 spiro atoms. The Morgan fingerprint density at radius 2 is 1.74 bits per heavy atom. The molecule has 7 heteroatoms. The second-order valence-corrected chi connectivity index (χ2v) is 9.79. The second-order valence-electron chi connectivity index (χ2n) is 6.48. The van der Waals surface area contributed by atoms with E-state index >= 15 is 0 Å². The van der Waals surface area contributed by atoms with Gasteiger partial charge in [0.2, 0.25) is 0 Å². The van der Waals surface area contributed by atoms with Gasteiger partial charge in [0.05, 0.1) is 5.69 Å². The second kappa shape index (κ2) is 13.8. The van der Waals surface area contributed by atoms with Crippen molar-refractivity contribution in [2.24, 2.45) is 15.7 Å². The summed E-state index contributed by atoms with van der Waals surface area (Å²) < 4.78 is 0. The predicted molar refractivity (Wildman–Crippen MR) is 121 cm³/mol. The number of nitrogens with zero attached hydrogens (tertiary/aromatic N) is 2. The van der Waals surface area contributed by atoms with Crippen molar-refractivity contribution in [2.75, 3.05) is 6.54 Å². The van der Waals surface area contributed by atoms with Crippen molar-refractivity contribution < 1.29 is 13.1 Å². The average molecular weight is 470 g/mol. The van der Waals surface area contributed by atoms with Gasteiger partial charge in [-0.05, 0) is 51.7 Å². The third-order valence-electron chi connectivity index (χ3n) is 4.28. The van der Waals surface area contributed by atoms with Gasteiger partial charge in [0.15, 0.2) is 0 Å². The molecule has 1 aliphatic rings. The number of hydrogen-bond acceptors (Lipinski definition) is 4. The number of aliphatic imine (C=N–C) groups is 2. The molecular formula is C20H29Cl2FeN3S. The van der Waals surface area contributed by atoms with Gasteiger partial charge in [0.25, 0.3) is 0 Å². The molecule has 0 radical (unpaired) electrons. The monoisotopic (exact) mass is 469 g/mol. The zero-order chi connectivity index (χ0) is 20.2. The van der Waals surface area contributed by atoms with Crippen LogP contribution in [0.5, 0.6) is 0 Å². The minimum absolute atomic E-state index is 0.194. The van der Waals surface area contributed by atoms with E-state index in [1.54, 1.807) is 0 Å². The number of aryl methyl sites for hydroxylation is 3. The van der Waals surface area contributed by atoms with Gasteiger partial charge < -0.3 is 5.73 Å². The van der Waals surface area contributed by atoms with Crippen molar-refractivity contribution in [2.45, 2.75) is 57.5 Å². The molecule has 0 saturated carbocycles. The Labute approximate surface area is 182 Å². The van der Waals surface area contributed by atoms with E-state index in [0.717, 1.165) is 11.4 Å². The number of benzene rings is 1. The molecule has 0 amide bonds. The molecule has 0 bridgehead atoms. The molecule has 1 aromatic rings. The summed E-state index contributed by atoms with van der Waals surface area (Å²) in [6.45, 7) is 8.90. The third-order valence-corrected chi connectivity index (χ3v) is 5.70. The van der Waals surface area contributed by atoms with E-state index in [1.165, 1.54) is 36.0 Å². The summed E-state index contributed by atoms with van der Waals surface area (Å²) >= 11 is 2.16. The van der Waals surface area contributed by atoms with Crippen molar-refractivity contribution in [3.63, 3.8) is 0 Å². The van der Waals surface area contributed by atoms with E-state index in [0.29, 0.717) is 17.0 Å². The Kier molecular flexibility index (Phi) is 12.7. The third kappa shape index (κ3) is 9.17. The van der Waals surface area contributed by atoms with Gasteiger partial charge in [-0.2, -0.15) is 0 Å². The van der Waals surface area contributed by atoms with Crippen LogP contribution >= 0.6 is 32.0 Å². The number of hydrogen-bond donors (Lipinski definition) is 1. The normalized spacial score (nSPS) is 20.9. The molecule has 1 aliphatic heterocycles. The van der Waals surface area contributed by atoms with Crippen LogP contribution in [0.3, 0.4) is 0 Å². The number of nitrogens with two attached hydrogens (primary N) is 1. The van der Waals surface area contributed by atoms with Crippen molar-refractivity contribution in [3.8, 4) is 0 Å². The molecule has 2 unspecified atom stereocenters. The Balaban J connectivity index is 0.00000114. The van der Waals surface area contributed by atoms with Crippen molar-refractivity contribution in [1.82, 2.24) is 0 Å². The van der Waals surface area contributed by atoms with Crippen LogP contribution in [0, 0.1) is 20.8 Å². The molecule has 27 heavy (non-hydrogen) atoms. The van der Waals surface area contributed by atoms with Crippen molar-refractivity contribution in [1.29, 1.82) is 0 Å². The summed E-state index contributed by atoms with van der Waals surface area (Å²) in [5, 5.41) is 0.916. The van der Waals surface area contributed by atoms with Crippen molar-refractivity contribution >= 4 is 50.1 Å². The molecule has 152 valence electrons. The Morgan fingerprint density at radius 3 is 2.26 bits per heavy atom. The van der Waals surface area contributed by atoms with E-state index in [2.05, 4.69) is 50.3 Å². The van der Waals surface area contributed by atoms with E-state index in [1.807, 2.05) is 24.8 Å². The molecule has 2 atom stereocenters. The summed E-state index contributed by atoms with van der Waals surface area (Å²) in [5.41, 5.74) is 11.5. The van der Waals surface area contributed by atoms with Crippen LogP contribution in [-0.2, 0) is 13.1 Å². The summed E-state index contributed by atoms with van der Waals surface area (Å²) in [5.74, 6) is 0. The fourth-order valence-electron chi connectivity index (χ4n) is 3.06. The van der Waals surface area contributed by atoms with Crippen LogP contribution in [0.4, 0.5) is 5.69 Å². The van der Waals surface area contributed by atoms with Crippen LogP contribution in [0.1, 0.15) is 42.9 Å². The number of thioether (sulfide) groups is 1. The first-order valence-electron chi connectivity index (χ1n) is 8.97. The summed E-state index contributed by atoms with van der Waals surface area (Å²) in [7, 11) is 9.53. The Hall–Kier alpha value is -0.291. The molecule has 1 aromatic carbocycles. The molecule has 3 nitrogen and oxygen atoms in total. The Morgan fingerprint density at radius 1 is 1.19 bits per heavy atom. The van der Waals surface area contributed by atoms with Gasteiger partial charge in [-0.1, -0.05) is 30.2 Å². The summed E-state index contributed by atoms with van der Waals surface area (Å²) in [4.78, 5) is 9.33. The number of allylic oxidation sites excluding steroid dienone is 1. The van der Waals surface area contributed by atoms with E-state index < -0.39 is 0 Å². The molecule has 0 aliphatic carbocycles. The van der Waals surface area contributed by atoms with Gasteiger partial charge in [0, 0.05) is 35.2 Å². The topological polar surface area (TPSA) is 50.7 Å². The van der Waals surface area contributed by atoms with E-state index in [-0.39, 0.29) is 13.1 Å². The fraction of sp³-hybridized carbons (Fsp3) is 0.500. The fourth-order valence-corrected chi connectivity index (χ4v) is 4.37. The van der Waals surface area contributed by atoms with Crippen LogP contribution in [0.25, 0.3) is 0 Å². The van der Waals surface area contributed by atoms with Crippen LogP contribution < -0.4 is 5.73 Å². The molecule has 0 aromatic heterocycles. The maximum absolute atomic E-state index is 5.67. The first-order valence-corrected chi connectivity index (χ1v) is 12.9. The first-order chi connectivity index (χ1) is 12.9. The molecule has 2 N–H and O–H groups in total. The zero-order valence-electron chi connectivity index (χ0n) is 16.4. The van der Waals surface area contributed by atoms with E-state index in [9.17, 15) is 0 Å². The standard InChI is InChI=1S/C20H29N3S.2ClH.Fe/c1-5-17(11-21)22-12-18-7-6-8-19(24-18)13-23-20-15(3)9-14(2)10-16(20)4;;;/h5,9-10,12-13,18-19H,6-8,11,21H2,1-4H3;2*1H;/q;;;+2/p-2/b17-5-,22-12?,23-13?;;;. The van der Waals surface area contributed by atoms with Gasteiger partial charge in [-0.25, -0.2) is 0 Å². The maximum atomic E-state index is 5.67.